The molecule has 0 saturated heterocycles. The van der Waals surface area contributed by atoms with Gasteiger partial charge in [-0.05, 0) is 19.9 Å². The summed E-state index contributed by atoms with van der Waals surface area (Å²) >= 11 is 0. The Morgan fingerprint density at radius 1 is 1.21 bits per heavy atom. The van der Waals surface area contributed by atoms with E-state index in [2.05, 4.69) is 0 Å². The molecule has 1 aliphatic heterocycles. The van der Waals surface area contributed by atoms with Gasteiger partial charge in [0.25, 0.3) is 0 Å². The lowest BCUT2D eigenvalue weighted by Crippen LogP contribution is -2.20. The zero-order valence-electron chi connectivity index (χ0n) is 10.2. The van der Waals surface area contributed by atoms with Crippen molar-refractivity contribution in [3.63, 3.8) is 0 Å². The fourth-order valence-corrected chi connectivity index (χ4v) is 1.61. The molecule has 1 aromatic heterocycles. The van der Waals surface area contributed by atoms with Crippen LogP contribution in [0.1, 0.15) is 18.2 Å². The van der Waals surface area contributed by atoms with Gasteiger partial charge in [-0.1, -0.05) is 0 Å². The largest absolute Gasteiger partial charge is 0.507 e. The topological polar surface area (TPSA) is 93.8 Å². The fraction of sp³-hybridized carbons (Fsp3) is 0.154. The van der Waals surface area contributed by atoms with Gasteiger partial charge in [-0.15, -0.1) is 0 Å². The summed E-state index contributed by atoms with van der Waals surface area (Å²) in [5, 5.41) is 9.64. The van der Waals surface area contributed by atoms with Crippen molar-refractivity contribution in [1.82, 2.24) is 0 Å². The zero-order chi connectivity index (χ0) is 14.2. The van der Waals surface area contributed by atoms with Gasteiger partial charge in [-0.2, -0.15) is 0 Å². The molecule has 1 N–H and O–H groups in total. The number of ether oxygens (including phenoxy) is 1. The maximum absolute atomic E-state index is 11.6. The van der Waals surface area contributed by atoms with Crippen molar-refractivity contribution < 1.29 is 23.8 Å². The van der Waals surface area contributed by atoms with E-state index in [1.54, 1.807) is 0 Å². The van der Waals surface area contributed by atoms with Gasteiger partial charge in [0.05, 0.1) is 0 Å². The van der Waals surface area contributed by atoms with Gasteiger partial charge in [0.2, 0.25) is 0 Å². The number of cyclic esters (lactones) is 1. The van der Waals surface area contributed by atoms with E-state index >= 15 is 0 Å². The molecule has 98 valence electrons. The highest BCUT2D eigenvalue weighted by Gasteiger charge is 2.25. The lowest BCUT2D eigenvalue weighted by Gasteiger charge is -2.11. The predicted molar refractivity (Wildman–Crippen MR) is 64.2 cm³/mol. The molecule has 0 spiro atoms. The van der Waals surface area contributed by atoms with Gasteiger partial charge in [0.1, 0.15) is 28.4 Å². The summed E-state index contributed by atoms with van der Waals surface area (Å²) in [6.45, 7) is 2.95. The Hall–Kier alpha value is -2.63. The highest BCUT2D eigenvalue weighted by Crippen LogP contribution is 2.21. The van der Waals surface area contributed by atoms with E-state index in [9.17, 15) is 19.5 Å². The minimum Gasteiger partial charge on any atom is -0.507 e. The minimum atomic E-state index is -0.871. The molecule has 0 atom stereocenters. The lowest BCUT2D eigenvalue weighted by molar-refractivity contribution is -0.137. The molecule has 0 aromatic carbocycles. The van der Waals surface area contributed by atoms with Gasteiger partial charge >= 0.3 is 11.6 Å². The first-order valence-corrected chi connectivity index (χ1v) is 5.38. The zero-order valence-corrected chi connectivity index (χ0v) is 10.2. The normalized spacial score (nSPS) is 17.4. The van der Waals surface area contributed by atoms with Crippen molar-refractivity contribution in [2.75, 3.05) is 0 Å². The predicted octanol–water partition coefficient (Wildman–Crippen LogP) is 1.07. The monoisotopic (exact) mass is 262 g/mol. The molecule has 19 heavy (non-hydrogen) atoms. The van der Waals surface area contributed by atoms with E-state index in [0.29, 0.717) is 0 Å². The maximum atomic E-state index is 11.6. The molecule has 0 amide bonds. The number of carbonyl (C=O) groups is 2. The Kier molecular flexibility index (Phi) is 3.08. The van der Waals surface area contributed by atoms with E-state index in [0.717, 1.165) is 12.2 Å². The number of aryl methyl sites for hydroxylation is 1. The molecule has 6 nitrogen and oxygen atoms in total. The van der Waals surface area contributed by atoms with Gasteiger partial charge in [0, 0.05) is 12.1 Å². The molecule has 1 aliphatic rings. The number of hydrogen-bond donors (Lipinski definition) is 1. The van der Waals surface area contributed by atoms with Crippen LogP contribution in [0.3, 0.4) is 0 Å². The molecule has 2 heterocycles. The van der Waals surface area contributed by atoms with Crippen LogP contribution in [-0.4, -0.2) is 16.9 Å². The summed E-state index contributed by atoms with van der Waals surface area (Å²) in [6, 6.07) is 1.22. The highest BCUT2D eigenvalue weighted by atomic mass is 16.5. The van der Waals surface area contributed by atoms with Crippen molar-refractivity contribution >= 4 is 17.8 Å². The van der Waals surface area contributed by atoms with Crippen LogP contribution in [0.25, 0.3) is 6.08 Å². The number of esters is 1. The smallest absolute Gasteiger partial charge is 0.347 e. The number of rotatable bonds is 1. The third-order valence-electron chi connectivity index (χ3n) is 2.45. The fourth-order valence-electron chi connectivity index (χ4n) is 1.61. The minimum absolute atomic E-state index is 0.173. The van der Waals surface area contributed by atoms with Gasteiger partial charge in [-0.3, -0.25) is 4.79 Å². The molecule has 0 radical (unpaired) electrons. The quantitative estimate of drug-likeness (QED) is 0.462. The number of allylic oxidation sites excluding steroid dienone is 2. The van der Waals surface area contributed by atoms with Crippen LogP contribution in [0.15, 0.2) is 32.7 Å². The molecule has 0 fully saturated rings. The van der Waals surface area contributed by atoms with Crippen LogP contribution in [-0.2, 0) is 14.3 Å². The molecular formula is C13H10O6. The van der Waals surface area contributed by atoms with E-state index in [-0.39, 0.29) is 28.4 Å². The van der Waals surface area contributed by atoms with Crippen LogP contribution < -0.4 is 5.63 Å². The number of carbonyl (C=O) groups excluding carboxylic acids is 2. The SMILES string of the molecule is CC1=CC(=O)C(=Cc2c(O)cc(C)oc2=O)C(=O)O1. The van der Waals surface area contributed by atoms with Gasteiger partial charge in [-0.25, -0.2) is 9.59 Å². The molecule has 0 unspecified atom stereocenters. The number of aromatic hydroxyl groups is 1. The Bertz CT molecular complexity index is 690. The van der Waals surface area contributed by atoms with E-state index < -0.39 is 17.4 Å². The molecule has 1 aromatic rings. The number of hydrogen-bond acceptors (Lipinski definition) is 6. The maximum Gasteiger partial charge on any atom is 0.347 e. The summed E-state index contributed by atoms with van der Waals surface area (Å²) in [5.74, 6) is -1.43. The summed E-state index contributed by atoms with van der Waals surface area (Å²) < 4.78 is 9.55. The third kappa shape index (κ3) is 2.47. The Morgan fingerprint density at radius 3 is 2.47 bits per heavy atom. The standard InChI is InChI=1S/C13H10O6/c1-6-3-10(14)8(12(16)18-6)5-9-11(15)4-7(2)19-13(9)17/h3-5,14H,1-2H3. The summed E-state index contributed by atoms with van der Waals surface area (Å²) in [4.78, 5) is 34.8. The second-order valence-electron chi connectivity index (χ2n) is 4.01. The lowest BCUT2D eigenvalue weighted by atomic mass is 10.1. The molecule has 0 saturated carbocycles. The second-order valence-corrected chi connectivity index (χ2v) is 4.01. The molecular weight excluding hydrogens is 252 g/mol. The van der Waals surface area contributed by atoms with E-state index in [1.165, 1.54) is 19.9 Å². The first-order valence-electron chi connectivity index (χ1n) is 5.38. The second kappa shape index (κ2) is 4.56. The van der Waals surface area contributed by atoms with Crippen molar-refractivity contribution in [2.24, 2.45) is 0 Å². The van der Waals surface area contributed by atoms with Crippen LogP contribution in [0.4, 0.5) is 0 Å². The first kappa shape index (κ1) is 12.8. The third-order valence-corrected chi connectivity index (χ3v) is 2.45. The van der Waals surface area contributed by atoms with Crippen molar-refractivity contribution in [3.8, 4) is 5.75 Å². The van der Waals surface area contributed by atoms with Crippen LogP contribution in [0, 0.1) is 6.92 Å². The average Bonchev–Trinajstić information content (AvgIpc) is 2.25. The Balaban J connectivity index is 2.57. The summed E-state index contributed by atoms with van der Waals surface area (Å²) in [7, 11) is 0. The summed E-state index contributed by atoms with van der Waals surface area (Å²) in [6.07, 6.45) is 2.09. The van der Waals surface area contributed by atoms with Crippen LogP contribution in [0.2, 0.25) is 0 Å². The van der Waals surface area contributed by atoms with Crippen molar-refractivity contribution in [2.45, 2.75) is 13.8 Å². The Labute approximate surface area is 107 Å². The van der Waals surface area contributed by atoms with Gasteiger partial charge < -0.3 is 14.3 Å². The van der Waals surface area contributed by atoms with Crippen LogP contribution >= 0.6 is 0 Å². The number of ketones is 1. The molecule has 0 bridgehead atoms. The molecule has 6 heteroatoms. The van der Waals surface area contributed by atoms with Crippen molar-refractivity contribution in [3.05, 3.63) is 45.2 Å². The van der Waals surface area contributed by atoms with E-state index in [4.69, 9.17) is 9.15 Å². The molecule has 2 rings (SSSR count). The summed E-state index contributed by atoms with van der Waals surface area (Å²) in [5.41, 5.74) is -1.44. The first-order chi connectivity index (χ1) is 8.88. The van der Waals surface area contributed by atoms with Crippen molar-refractivity contribution in [1.29, 1.82) is 0 Å². The highest BCUT2D eigenvalue weighted by molar-refractivity contribution is 6.26. The van der Waals surface area contributed by atoms with Crippen LogP contribution in [0.5, 0.6) is 5.75 Å². The van der Waals surface area contributed by atoms with E-state index in [1.807, 2.05) is 0 Å². The Morgan fingerprint density at radius 2 is 1.89 bits per heavy atom. The van der Waals surface area contributed by atoms with Gasteiger partial charge in [0.15, 0.2) is 5.78 Å². The average molecular weight is 262 g/mol. The molecule has 0 aliphatic carbocycles.